The van der Waals surface area contributed by atoms with Gasteiger partial charge in [-0.15, -0.1) is 0 Å². The first-order chi connectivity index (χ1) is 16.4. The summed E-state index contributed by atoms with van der Waals surface area (Å²) >= 11 is 0.831. The molecule has 1 N–H and O–H groups in total. The average Bonchev–Trinajstić information content (AvgIpc) is 3.08. The molecule has 2 fully saturated rings. The lowest BCUT2D eigenvalue weighted by molar-refractivity contribution is -0.127. The summed E-state index contributed by atoms with van der Waals surface area (Å²) in [7, 11) is 0. The number of rotatable bonds is 7. The van der Waals surface area contributed by atoms with Crippen molar-refractivity contribution >= 4 is 46.3 Å². The number of morpholine rings is 1. The normalized spacial score (nSPS) is 17.6. The Hall–Kier alpha value is -3.30. The SMILES string of the molecule is CC(C)Oc1ccc(/C=C2\SC(=O)N(CC(=O)Nc3ccccc3N3CCOCC3)C2=O)cc1. The first-order valence-electron chi connectivity index (χ1n) is 11.1. The van der Waals surface area contributed by atoms with Crippen molar-refractivity contribution in [3.05, 3.63) is 59.0 Å². The number of carbonyl (C=O) groups excluding carboxylic acids is 3. The molecule has 34 heavy (non-hydrogen) atoms. The van der Waals surface area contributed by atoms with Crippen molar-refractivity contribution in [3.63, 3.8) is 0 Å². The van der Waals surface area contributed by atoms with Crippen LogP contribution in [0.3, 0.4) is 0 Å². The summed E-state index contributed by atoms with van der Waals surface area (Å²) in [4.78, 5) is 41.4. The van der Waals surface area contributed by atoms with Gasteiger partial charge in [0.1, 0.15) is 12.3 Å². The molecule has 2 aliphatic heterocycles. The molecule has 0 unspecified atom stereocenters. The van der Waals surface area contributed by atoms with Gasteiger partial charge in [0.15, 0.2) is 0 Å². The van der Waals surface area contributed by atoms with E-state index in [1.807, 2.05) is 62.4 Å². The van der Waals surface area contributed by atoms with E-state index in [4.69, 9.17) is 9.47 Å². The third-order valence-corrected chi connectivity index (χ3v) is 6.16. The van der Waals surface area contributed by atoms with Gasteiger partial charge in [-0.3, -0.25) is 19.3 Å². The van der Waals surface area contributed by atoms with Crippen LogP contribution in [-0.4, -0.2) is 60.9 Å². The predicted octanol–water partition coefficient (Wildman–Crippen LogP) is 3.99. The zero-order chi connectivity index (χ0) is 24.1. The maximum Gasteiger partial charge on any atom is 0.294 e. The molecular weight excluding hydrogens is 454 g/mol. The molecule has 0 bridgehead atoms. The summed E-state index contributed by atoms with van der Waals surface area (Å²) < 4.78 is 11.0. The van der Waals surface area contributed by atoms with Crippen LogP contribution < -0.4 is 15.0 Å². The number of imide groups is 1. The lowest BCUT2D eigenvalue weighted by Gasteiger charge is -2.30. The minimum absolute atomic E-state index is 0.0642. The monoisotopic (exact) mass is 481 g/mol. The van der Waals surface area contributed by atoms with E-state index in [9.17, 15) is 14.4 Å². The smallest absolute Gasteiger partial charge is 0.294 e. The van der Waals surface area contributed by atoms with Gasteiger partial charge in [-0.1, -0.05) is 24.3 Å². The molecule has 2 heterocycles. The van der Waals surface area contributed by atoms with Crippen LogP contribution in [0.5, 0.6) is 5.75 Å². The van der Waals surface area contributed by atoms with Crippen molar-refractivity contribution < 1.29 is 23.9 Å². The molecule has 9 heteroatoms. The van der Waals surface area contributed by atoms with E-state index in [1.54, 1.807) is 6.08 Å². The quantitative estimate of drug-likeness (QED) is 0.599. The fourth-order valence-corrected chi connectivity index (χ4v) is 4.53. The third-order valence-electron chi connectivity index (χ3n) is 5.25. The maximum atomic E-state index is 12.8. The third kappa shape index (κ3) is 5.78. The number of nitrogens with one attached hydrogen (secondary N) is 1. The first kappa shape index (κ1) is 23.8. The molecule has 4 rings (SSSR count). The second-order valence-corrected chi connectivity index (χ2v) is 9.16. The second-order valence-electron chi connectivity index (χ2n) is 8.17. The second kappa shape index (κ2) is 10.8. The molecule has 2 aromatic carbocycles. The zero-order valence-electron chi connectivity index (χ0n) is 19.2. The van der Waals surface area contributed by atoms with E-state index in [0.717, 1.165) is 46.8 Å². The van der Waals surface area contributed by atoms with Gasteiger partial charge >= 0.3 is 0 Å². The van der Waals surface area contributed by atoms with E-state index in [-0.39, 0.29) is 17.6 Å². The van der Waals surface area contributed by atoms with Crippen LogP contribution in [0.2, 0.25) is 0 Å². The van der Waals surface area contributed by atoms with Crippen LogP contribution in [-0.2, 0) is 14.3 Å². The average molecular weight is 482 g/mol. The molecule has 0 spiro atoms. The van der Waals surface area contributed by atoms with Crippen LogP contribution in [0.4, 0.5) is 16.2 Å². The van der Waals surface area contributed by atoms with Crippen LogP contribution in [0.15, 0.2) is 53.4 Å². The minimum atomic E-state index is -0.478. The summed E-state index contributed by atoms with van der Waals surface area (Å²) in [6.07, 6.45) is 1.71. The highest BCUT2D eigenvalue weighted by Crippen LogP contribution is 2.33. The van der Waals surface area contributed by atoms with E-state index in [2.05, 4.69) is 10.2 Å². The molecule has 0 saturated carbocycles. The first-order valence-corrected chi connectivity index (χ1v) is 12.0. The Labute approximate surface area is 202 Å². The summed E-state index contributed by atoms with van der Waals surface area (Å²) in [6, 6.07) is 14.8. The largest absolute Gasteiger partial charge is 0.491 e. The van der Waals surface area contributed by atoms with E-state index in [0.29, 0.717) is 18.9 Å². The Balaban J connectivity index is 1.41. The number of para-hydroxylation sites is 2. The standard InChI is InChI=1S/C25H27N3O5S/c1-17(2)33-19-9-7-18(8-10-19)15-22-24(30)28(25(31)34-22)16-23(29)26-20-5-3-4-6-21(20)27-11-13-32-14-12-27/h3-10,15,17H,11-14,16H2,1-2H3,(H,26,29)/b22-15-. The van der Waals surface area contributed by atoms with Crippen molar-refractivity contribution in [2.75, 3.05) is 43.1 Å². The van der Waals surface area contributed by atoms with Gasteiger partial charge in [0, 0.05) is 13.1 Å². The van der Waals surface area contributed by atoms with Gasteiger partial charge in [-0.2, -0.15) is 0 Å². The Morgan fingerprint density at radius 3 is 2.53 bits per heavy atom. The van der Waals surface area contributed by atoms with E-state index in [1.165, 1.54) is 0 Å². The molecule has 2 aliphatic rings. The molecular formula is C25H27N3O5S. The fraction of sp³-hybridized carbons (Fsp3) is 0.320. The molecule has 0 radical (unpaired) electrons. The van der Waals surface area contributed by atoms with Gasteiger partial charge in [-0.25, -0.2) is 0 Å². The summed E-state index contributed by atoms with van der Waals surface area (Å²) in [5.74, 6) is -0.178. The molecule has 0 aromatic heterocycles. The summed E-state index contributed by atoms with van der Waals surface area (Å²) in [5, 5.41) is 2.39. The highest BCUT2D eigenvalue weighted by atomic mass is 32.2. The van der Waals surface area contributed by atoms with Crippen molar-refractivity contribution in [3.8, 4) is 5.75 Å². The molecule has 178 valence electrons. The summed E-state index contributed by atoms with van der Waals surface area (Å²) in [5.41, 5.74) is 2.30. The Kier molecular flexibility index (Phi) is 7.54. The lowest BCUT2D eigenvalue weighted by atomic mass is 10.2. The number of carbonyl (C=O) groups is 3. The molecule has 0 aliphatic carbocycles. The van der Waals surface area contributed by atoms with Gasteiger partial charge < -0.3 is 19.7 Å². The highest BCUT2D eigenvalue weighted by molar-refractivity contribution is 8.18. The molecule has 3 amide bonds. The van der Waals surface area contributed by atoms with E-state index < -0.39 is 17.1 Å². The Morgan fingerprint density at radius 2 is 1.82 bits per heavy atom. The van der Waals surface area contributed by atoms with Gasteiger partial charge in [0.05, 0.1) is 35.6 Å². The topological polar surface area (TPSA) is 88.2 Å². The van der Waals surface area contributed by atoms with Crippen molar-refractivity contribution in [2.45, 2.75) is 20.0 Å². The number of amides is 3. The zero-order valence-corrected chi connectivity index (χ0v) is 20.0. The van der Waals surface area contributed by atoms with Gasteiger partial charge in [0.2, 0.25) is 5.91 Å². The number of nitrogens with zero attached hydrogens (tertiary/aromatic N) is 2. The van der Waals surface area contributed by atoms with Gasteiger partial charge in [0.25, 0.3) is 11.1 Å². The molecule has 0 atom stereocenters. The lowest BCUT2D eigenvalue weighted by Crippen LogP contribution is -2.38. The predicted molar refractivity (Wildman–Crippen MR) is 133 cm³/mol. The van der Waals surface area contributed by atoms with Crippen LogP contribution in [0.1, 0.15) is 19.4 Å². The highest BCUT2D eigenvalue weighted by Gasteiger charge is 2.36. The maximum absolute atomic E-state index is 12.8. The Bertz CT molecular complexity index is 1090. The number of hydrogen-bond acceptors (Lipinski definition) is 7. The summed E-state index contributed by atoms with van der Waals surface area (Å²) in [6.45, 7) is 6.25. The number of anilines is 2. The molecule has 2 saturated heterocycles. The number of ether oxygens (including phenoxy) is 2. The number of thioether (sulfide) groups is 1. The van der Waals surface area contributed by atoms with Crippen molar-refractivity contribution in [1.29, 1.82) is 0 Å². The number of hydrogen-bond donors (Lipinski definition) is 1. The van der Waals surface area contributed by atoms with Crippen molar-refractivity contribution in [2.24, 2.45) is 0 Å². The minimum Gasteiger partial charge on any atom is -0.491 e. The fourth-order valence-electron chi connectivity index (χ4n) is 3.70. The van der Waals surface area contributed by atoms with Crippen molar-refractivity contribution in [1.82, 2.24) is 4.90 Å². The molecule has 2 aromatic rings. The Morgan fingerprint density at radius 1 is 1.12 bits per heavy atom. The van der Waals surface area contributed by atoms with Crippen LogP contribution in [0.25, 0.3) is 6.08 Å². The van der Waals surface area contributed by atoms with E-state index >= 15 is 0 Å². The van der Waals surface area contributed by atoms with Gasteiger partial charge in [-0.05, 0) is 61.5 Å². The van der Waals surface area contributed by atoms with Crippen LogP contribution >= 0.6 is 11.8 Å². The van der Waals surface area contributed by atoms with Crippen LogP contribution in [0, 0.1) is 0 Å². The number of benzene rings is 2. The molecule has 8 nitrogen and oxygen atoms in total.